The highest BCUT2D eigenvalue weighted by Gasteiger charge is 2.28. The fourth-order valence-corrected chi connectivity index (χ4v) is 3.89. The van der Waals surface area contributed by atoms with Crippen LogP contribution >= 0.6 is 0 Å². The Labute approximate surface area is 225 Å². The second-order valence-electron chi connectivity index (χ2n) is 9.01. The lowest BCUT2D eigenvalue weighted by molar-refractivity contribution is -0.146. The van der Waals surface area contributed by atoms with Crippen LogP contribution in [0.5, 0.6) is 0 Å². The number of esters is 1. The summed E-state index contributed by atoms with van der Waals surface area (Å²) in [5, 5.41) is 10.5. The van der Waals surface area contributed by atoms with E-state index in [0.717, 1.165) is 23.3 Å². The zero-order chi connectivity index (χ0) is 28.1. The quantitative estimate of drug-likeness (QED) is 0.239. The number of carbonyl (C=O) groups excluding carboxylic acids is 4. The van der Waals surface area contributed by atoms with Crippen LogP contribution in [0, 0.1) is 13.8 Å². The number of hydrogen-bond donors (Lipinski definition) is 2. The fraction of sp³-hybridized carbons (Fsp3) is 0.333. The van der Waals surface area contributed by atoms with Crippen molar-refractivity contribution in [2.75, 3.05) is 18.7 Å². The molecular weight excluding hydrogens is 504 g/mol. The first-order valence-electron chi connectivity index (χ1n) is 12.5. The largest absolute Gasteiger partial charge is 0.425 e. The molecule has 204 valence electrons. The molecule has 4 rings (SSSR count). The number of imide groups is 1. The molecular formula is C27H30N6O6. The highest BCUT2D eigenvalue weighted by atomic mass is 16.7. The van der Waals surface area contributed by atoms with Gasteiger partial charge < -0.3 is 20.1 Å². The number of rotatable bonds is 9. The summed E-state index contributed by atoms with van der Waals surface area (Å²) in [4.78, 5) is 55.1. The minimum absolute atomic E-state index is 0.0256. The normalized spacial score (nSPS) is 12.8. The van der Waals surface area contributed by atoms with Crippen LogP contribution in [0.15, 0.2) is 42.9 Å². The van der Waals surface area contributed by atoms with E-state index in [1.54, 1.807) is 32.9 Å². The van der Waals surface area contributed by atoms with Crippen molar-refractivity contribution in [3.8, 4) is 0 Å². The van der Waals surface area contributed by atoms with E-state index in [1.807, 2.05) is 13.0 Å². The van der Waals surface area contributed by atoms with Gasteiger partial charge in [0.1, 0.15) is 11.8 Å². The lowest BCUT2D eigenvalue weighted by Gasteiger charge is -2.18. The molecule has 39 heavy (non-hydrogen) atoms. The summed E-state index contributed by atoms with van der Waals surface area (Å²) in [5.74, 6) is -0.988. The number of aryl methyl sites for hydroxylation is 2. The van der Waals surface area contributed by atoms with Crippen molar-refractivity contribution in [1.29, 1.82) is 0 Å². The standard InChI is InChI=1S/C27H30N6O6/c1-5-7-22(34)38-15-39-27(37)32(6-2)26(36)20-13-33-23(17(20)4)24(28-14-29-33)31-21-12-18(9-8-16(21)3)25(35)30-19-10-11-19/h5,7-9,12-14,19H,6,10-11,15H2,1-4H3,(H,30,35)(H,28,29,31)/b7-5+. The Bertz CT molecular complexity index is 1460. The van der Waals surface area contributed by atoms with Crippen LogP contribution < -0.4 is 10.6 Å². The van der Waals surface area contributed by atoms with E-state index in [2.05, 4.69) is 20.7 Å². The molecule has 0 atom stereocenters. The Balaban J connectivity index is 1.56. The molecule has 3 aromatic rings. The molecule has 12 heteroatoms. The highest BCUT2D eigenvalue weighted by molar-refractivity contribution is 6.05. The molecule has 1 fully saturated rings. The molecule has 0 radical (unpaired) electrons. The topological polar surface area (TPSA) is 144 Å². The van der Waals surface area contributed by atoms with E-state index in [-0.39, 0.29) is 24.1 Å². The summed E-state index contributed by atoms with van der Waals surface area (Å²) < 4.78 is 11.2. The van der Waals surface area contributed by atoms with Crippen LogP contribution in [-0.2, 0) is 14.3 Å². The molecule has 3 amide bonds. The minimum Gasteiger partial charge on any atom is -0.425 e. The molecule has 0 bridgehead atoms. The molecule has 2 N–H and O–H groups in total. The lowest BCUT2D eigenvalue weighted by atomic mass is 10.1. The van der Waals surface area contributed by atoms with Gasteiger partial charge in [0.25, 0.3) is 11.8 Å². The number of aromatic nitrogens is 3. The number of nitrogens with one attached hydrogen (secondary N) is 2. The molecule has 1 aliphatic carbocycles. The van der Waals surface area contributed by atoms with E-state index in [1.165, 1.54) is 29.2 Å². The summed E-state index contributed by atoms with van der Waals surface area (Å²) in [6, 6.07) is 5.62. The van der Waals surface area contributed by atoms with Gasteiger partial charge in [-0.05, 0) is 63.8 Å². The van der Waals surface area contributed by atoms with Gasteiger partial charge in [0, 0.05) is 36.1 Å². The van der Waals surface area contributed by atoms with E-state index in [4.69, 9.17) is 9.47 Å². The maximum Gasteiger partial charge on any atom is 0.419 e. The second-order valence-corrected chi connectivity index (χ2v) is 9.01. The van der Waals surface area contributed by atoms with Gasteiger partial charge in [-0.3, -0.25) is 9.59 Å². The number of ether oxygens (including phenoxy) is 2. The number of nitrogens with zero attached hydrogens (tertiary/aromatic N) is 4. The third kappa shape index (κ3) is 6.22. The second kappa shape index (κ2) is 11.8. The first-order valence-corrected chi connectivity index (χ1v) is 12.5. The van der Waals surface area contributed by atoms with Crippen LogP contribution in [0.25, 0.3) is 5.52 Å². The zero-order valence-corrected chi connectivity index (χ0v) is 22.2. The third-order valence-electron chi connectivity index (χ3n) is 6.19. The number of fused-ring (bicyclic) bond motifs is 1. The minimum atomic E-state index is -0.952. The maximum atomic E-state index is 13.3. The van der Waals surface area contributed by atoms with Crippen molar-refractivity contribution in [3.63, 3.8) is 0 Å². The average Bonchev–Trinajstić information content (AvgIpc) is 3.66. The molecule has 1 aliphatic rings. The SMILES string of the molecule is C/C=C/C(=O)OCOC(=O)N(CC)C(=O)c1cn2ncnc(Nc3cc(C(=O)NC4CC4)ccc3C)c2c1C. The van der Waals surface area contributed by atoms with Gasteiger partial charge in [0.2, 0.25) is 6.79 Å². The molecule has 0 unspecified atom stereocenters. The Morgan fingerprint density at radius 2 is 1.95 bits per heavy atom. The Hall–Kier alpha value is -4.74. The predicted molar refractivity (Wildman–Crippen MR) is 142 cm³/mol. The molecule has 0 saturated heterocycles. The van der Waals surface area contributed by atoms with Crippen molar-refractivity contribution in [2.45, 2.75) is 46.6 Å². The Morgan fingerprint density at radius 1 is 1.18 bits per heavy atom. The van der Waals surface area contributed by atoms with Gasteiger partial charge >= 0.3 is 12.1 Å². The van der Waals surface area contributed by atoms with Crippen LogP contribution in [0.3, 0.4) is 0 Å². The smallest absolute Gasteiger partial charge is 0.419 e. The van der Waals surface area contributed by atoms with Crippen LogP contribution in [0.4, 0.5) is 16.3 Å². The number of anilines is 2. The summed E-state index contributed by atoms with van der Waals surface area (Å²) in [6.45, 7) is 6.30. The van der Waals surface area contributed by atoms with Gasteiger partial charge in [-0.15, -0.1) is 0 Å². The number of allylic oxidation sites excluding steroid dienone is 1. The van der Waals surface area contributed by atoms with Gasteiger partial charge in [-0.2, -0.15) is 5.10 Å². The predicted octanol–water partition coefficient (Wildman–Crippen LogP) is 3.66. The van der Waals surface area contributed by atoms with Crippen molar-refractivity contribution in [2.24, 2.45) is 0 Å². The van der Waals surface area contributed by atoms with Crippen molar-refractivity contribution in [3.05, 3.63) is 65.1 Å². The Kier molecular flexibility index (Phi) is 8.23. The highest BCUT2D eigenvalue weighted by Crippen LogP contribution is 2.28. The Morgan fingerprint density at radius 3 is 2.64 bits per heavy atom. The fourth-order valence-electron chi connectivity index (χ4n) is 3.89. The summed E-state index contributed by atoms with van der Waals surface area (Å²) >= 11 is 0. The van der Waals surface area contributed by atoms with Crippen LogP contribution in [-0.4, -0.2) is 62.8 Å². The van der Waals surface area contributed by atoms with Crippen LogP contribution in [0.2, 0.25) is 0 Å². The van der Waals surface area contributed by atoms with Crippen LogP contribution in [0.1, 0.15) is 58.5 Å². The van der Waals surface area contributed by atoms with Crippen molar-refractivity contribution < 1.29 is 28.7 Å². The third-order valence-corrected chi connectivity index (χ3v) is 6.19. The molecule has 12 nitrogen and oxygen atoms in total. The maximum absolute atomic E-state index is 13.3. The van der Waals surface area contributed by atoms with Crippen molar-refractivity contribution in [1.82, 2.24) is 24.8 Å². The monoisotopic (exact) mass is 534 g/mol. The van der Waals surface area contributed by atoms with E-state index in [0.29, 0.717) is 28.1 Å². The van der Waals surface area contributed by atoms with Gasteiger partial charge in [0.05, 0.1) is 5.56 Å². The number of amides is 3. The van der Waals surface area contributed by atoms with E-state index >= 15 is 0 Å². The van der Waals surface area contributed by atoms with E-state index < -0.39 is 24.8 Å². The average molecular weight is 535 g/mol. The first kappa shape index (κ1) is 27.3. The van der Waals surface area contributed by atoms with Crippen molar-refractivity contribution >= 4 is 40.9 Å². The summed E-state index contributed by atoms with van der Waals surface area (Å²) in [7, 11) is 0. The number of carbonyl (C=O) groups is 4. The molecule has 1 saturated carbocycles. The van der Waals surface area contributed by atoms with Gasteiger partial charge in [-0.1, -0.05) is 12.1 Å². The number of benzene rings is 1. The molecule has 0 spiro atoms. The molecule has 2 aromatic heterocycles. The number of hydrogen-bond acceptors (Lipinski definition) is 9. The molecule has 2 heterocycles. The molecule has 0 aliphatic heterocycles. The first-order chi connectivity index (χ1) is 18.7. The van der Waals surface area contributed by atoms with Gasteiger partial charge in [0.15, 0.2) is 5.82 Å². The summed E-state index contributed by atoms with van der Waals surface area (Å²) in [5.41, 5.74) is 3.38. The lowest BCUT2D eigenvalue weighted by Crippen LogP contribution is -2.37. The summed E-state index contributed by atoms with van der Waals surface area (Å²) in [6.07, 6.45) is 6.55. The van der Waals surface area contributed by atoms with Gasteiger partial charge in [-0.25, -0.2) is 24.0 Å². The zero-order valence-electron chi connectivity index (χ0n) is 22.2. The molecule has 1 aromatic carbocycles. The van der Waals surface area contributed by atoms with E-state index in [9.17, 15) is 19.2 Å².